The van der Waals surface area contributed by atoms with Crippen LogP contribution < -0.4 is 10.1 Å². The Bertz CT molecular complexity index is 1190. The number of methoxy groups -OCH3 is 1. The average molecular weight is 380 g/mol. The minimum Gasteiger partial charge on any atom is -0.480 e. The Morgan fingerprint density at radius 2 is 1.93 bits per heavy atom. The van der Waals surface area contributed by atoms with Crippen LogP contribution in [-0.2, 0) is 0 Å². The number of aromatic nitrogens is 3. The summed E-state index contributed by atoms with van der Waals surface area (Å²) in [5.74, 6) is -2.16. The maximum atomic E-state index is 13.3. The third-order valence-corrected chi connectivity index (χ3v) is 4.10. The van der Waals surface area contributed by atoms with Gasteiger partial charge in [0.05, 0.1) is 19.0 Å². The molecule has 2 aromatic carbocycles. The number of halogens is 2. The predicted octanol–water partition coefficient (Wildman–Crippen LogP) is 3.94. The first-order chi connectivity index (χ1) is 13.5. The summed E-state index contributed by atoms with van der Waals surface area (Å²) in [5, 5.41) is 6.93. The van der Waals surface area contributed by atoms with Gasteiger partial charge in [-0.1, -0.05) is 12.1 Å². The molecule has 0 aliphatic heterocycles. The Balaban J connectivity index is 1.60. The van der Waals surface area contributed by atoms with Crippen molar-refractivity contribution in [2.75, 3.05) is 12.4 Å². The zero-order chi connectivity index (χ0) is 19.7. The molecule has 4 aromatic rings. The number of fused-ring (bicyclic) bond motifs is 1. The molecule has 1 amide bonds. The second-order valence-corrected chi connectivity index (χ2v) is 5.97. The summed E-state index contributed by atoms with van der Waals surface area (Å²) in [5.41, 5.74) is 2.58. The third-order valence-electron chi connectivity index (χ3n) is 4.10. The molecule has 0 fully saturated rings. The van der Waals surface area contributed by atoms with Crippen LogP contribution in [-0.4, -0.2) is 27.6 Å². The Morgan fingerprint density at radius 3 is 2.71 bits per heavy atom. The van der Waals surface area contributed by atoms with Crippen LogP contribution in [0.25, 0.3) is 16.9 Å². The smallest absolute Gasteiger partial charge is 0.255 e. The molecule has 1 N–H and O–H groups in total. The van der Waals surface area contributed by atoms with Gasteiger partial charge >= 0.3 is 0 Å². The Hall–Kier alpha value is -3.81. The van der Waals surface area contributed by atoms with E-state index in [1.165, 1.54) is 13.2 Å². The largest absolute Gasteiger partial charge is 0.480 e. The van der Waals surface area contributed by atoms with Gasteiger partial charge in [-0.3, -0.25) is 4.79 Å². The number of anilines is 1. The van der Waals surface area contributed by atoms with Crippen molar-refractivity contribution in [3.8, 4) is 17.1 Å². The van der Waals surface area contributed by atoms with E-state index >= 15 is 0 Å². The molecule has 6 nitrogen and oxygen atoms in total. The van der Waals surface area contributed by atoms with E-state index in [1.807, 2.05) is 6.07 Å². The third kappa shape index (κ3) is 3.39. The number of ether oxygens (including phenoxy) is 1. The maximum absolute atomic E-state index is 13.3. The highest BCUT2D eigenvalue weighted by Crippen LogP contribution is 2.23. The van der Waals surface area contributed by atoms with E-state index in [0.717, 1.165) is 17.7 Å². The molecular formula is C20H14F2N4O2. The van der Waals surface area contributed by atoms with Gasteiger partial charge < -0.3 is 10.1 Å². The monoisotopic (exact) mass is 380 g/mol. The van der Waals surface area contributed by atoms with Gasteiger partial charge in [-0.15, -0.1) is 5.10 Å². The molecule has 0 unspecified atom stereocenters. The molecule has 0 spiro atoms. The van der Waals surface area contributed by atoms with Gasteiger partial charge in [0, 0.05) is 22.9 Å². The molecule has 0 aliphatic rings. The predicted molar refractivity (Wildman–Crippen MR) is 99.3 cm³/mol. The lowest BCUT2D eigenvalue weighted by Gasteiger charge is -2.07. The number of nitrogens with one attached hydrogen (secondary N) is 1. The summed E-state index contributed by atoms with van der Waals surface area (Å²) in [6.07, 6.45) is 1.74. The van der Waals surface area contributed by atoms with Gasteiger partial charge in [0.1, 0.15) is 0 Å². The Labute approximate surface area is 158 Å². The zero-order valence-electron chi connectivity index (χ0n) is 14.7. The highest BCUT2D eigenvalue weighted by atomic mass is 19.2. The fourth-order valence-electron chi connectivity index (χ4n) is 2.71. The zero-order valence-corrected chi connectivity index (χ0v) is 14.7. The fourth-order valence-corrected chi connectivity index (χ4v) is 2.71. The summed E-state index contributed by atoms with van der Waals surface area (Å²) in [7, 11) is 1.53. The SMILES string of the molecule is COc1ccc2nc(-c3cccc(NC(=O)c4ccc(F)c(F)c4)c3)cn2n1. The molecule has 0 aliphatic carbocycles. The van der Waals surface area contributed by atoms with Crippen molar-refractivity contribution in [3.05, 3.63) is 78.0 Å². The number of imidazole rings is 1. The van der Waals surface area contributed by atoms with E-state index < -0.39 is 17.5 Å². The summed E-state index contributed by atoms with van der Waals surface area (Å²) < 4.78 is 33.1. The second-order valence-electron chi connectivity index (χ2n) is 5.97. The molecule has 2 aromatic heterocycles. The molecule has 0 radical (unpaired) electrons. The van der Waals surface area contributed by atoms with Crippen molar-refractivity contribution >= 4 is 17.2 Å². The number of nitrogens with zero attached hydrogens (tertiary/aromatic N) is 3. The van der Waals surface area contributed by atoms with Gasteiger partial charge in [0.25, 0.3) is 5.91 Å². The lowest BCUT2D eigenvalue weighted by atomic mass is 10.1. The number of carbonyl (C=O) groups excluding carboxylic acids is 1. The van der Waals surface area contributed by atoms with E-state index in [0.29, 0.717) is 22.9 Å². The molecule has 0 saturated heterocycles. The molecule has 140 valence electrons. The number of carbonyl (C=O) groups is 1. The van der Waals surface area contributed by atoms with Crippen LogP contribution in [0, 0.1) is 11.6 Å². The number of benzene rings is 2. The Kier molecular flexibility index (Phi) is 4.44. The topological polar surface area (TPSA) is 68.5 Å². The van der Waals surface area contributed by atoms with Crippen molar-refractivity contribution in [1.82, 2.24) is 14.6 Å². The number of amides is 1. The number of hydrogen-bond donors (Lipinski definition) is 1. The van der Waals surface area contributed by atoms with E-state index in [1.54, 1.807) is 41.0 Å². The van der Waals surface area contributed by atoms with Gasteiger partial charge in [-0.25, -0.2) is 18.3 Å². The average Bonchev–Trinajstić information content (AvgIpc) is 3.13. The highest BCUT2D eigenvalue weighted by Gasteiger charge is 2.11. The van der Waals surface area contributed by atoms with Crippen molar-refractivity contribution < 1.29 is 18.3 Å². The standard InChI is InChI=1S/C20H14F2N4O2/c1-28-19-8-7-18-24-17(11-26(18)25-19)12-3-2-4-14(9-12)23-20(27)13-5-6-15(21)16(22)10-13/h2-11H,1H3,(H,23,27). The fraction of sp³-hybridized carbons (Fsp3) is 0.0500. The van der Waals surface area contributed by atoms with E-state index in [4.69, 9.17) is 4.74 Å². The van der Waals surface area contributed by atoms with Crippen LogP contribution in [0.5, 0.6) is 5.88 Å². The van der Waals surface area contributed by atoms with E-state index in [9.17, 15) is 13.6 Å². The highest BCUT2D eigenvalue weighted by molar-refractivity contribution is 6.04. The van der Waals surface area contributed by atoms with Crippen LogP contribution in [0.2, 0.25) is 0 Å². The lowest BCUT2D eigenvalue weighted by molar-refractivity contribution is 0.102. The number of hydrogen-bond acceptors (Lipinski definition) is 4. The molecular weight excluding hydrogens is 366 g/mol. The summed E-state index contributed by atoms with van der Waals surface area (Å²) >= 11 is 0. The molecule has 2 heterocycles. The second kappa shape index (κ2) is 7.07. The Morgan fingerprint density at radius 1 is 1.07 bits per heavy atom. The van der Waals surface area contributed by atoms with Crippen molar-refractivity contribution in [1.29, 1.82) is 0 Å². The minimum absolute atomic E-state index is 0.0216. The first kappa shape index (κ1) is 17.6. The quantitative estimate of drug-likeness (QED) is 0.582. The van der Waals surface area contributed by atoms with Gasteiger partial charge in [0.15, 0.2) is 17.3 Å². The van der Waals surface area contributed by atoms with Crippen molar-refractivity contribution in [2.45, 2.75) is 0 Å². The first-order valence-corrected chi connectivity index (χ1v) is 8.31. The molecule has 4 rings (SSSR count). The number of rotatable bonds is 4. The molecule has 0 bridgehead atoms. The normalized spacial score (nSPS) is 10.8. The van der Waals surface area contributed by atoms with Gasteiger partial charge in [-0.05, 0) is 36.4 Å². The summed E-state index contributed by atoms with van der Waals surface area (Å²) in [6, 6.07) is 13.5. The van der Waals surface area contributed by atoms with Crippen LogP contribution in [0.1, 0.15) is 10.4 Å². The molecule has 0 atom stereocenters. The van der Waals surface area contributed by atoms with Crippen molar-refractivity contribution in [2.24, 2.45) is 0 Å². The van der Waals surface area contributed by atoms with Crippen molar-refractivity contribution in [3.63, 3.8) is 0 Å². The summed E-state index contributed by atoms with van der Waals surface area (Å²) in [6.45, 7) is 0. The minimum atomic E-state index is -1.07. The van der Waals surface area contributed by atoms with Crippen LogP contribution >= 0.6 is 0 Å². The van der Waals surface area contributed by atoms with E-state index in [-0.39, 0.29) is 5.56 Å². The molecule has 0 saturated carbocycles. The van der Waals surface area contributed by atoms with Gasteiger partial charge in [0.2, 0.25) is 5.88 Å². The van der Waals surface area contributed by atoms with E-state index in [2.05, 4.69) is 15.4 Å². The summed E-state index contributed by atoms with van der Waals surface area (Å²) in [4.78, 5) is 16.8. The van der Waals surface area contributed by atoms with Gasteiger partial charge in [-0.2, -0.15) is 0 Å². The van der Waals surface area contributed by atoms with Crippen LogP contribution in [0.3, 0.4) is 0 Å². The first-order valence-electron chi connectivity index (χ1n) is 8.31. The molecule has 8 heteroatoms. The van der Waals surface area contributed by atoms with Crippen LogP contribution in [0.4, 0.5) is 14.5 Å². The lowest BCUT2D eigenvalue weighted by Crippen LogP contribution is -2.12. The molecule has 28 heavy (non-hydrogen) atoms. The van der Waals surface area contributed by atoms with Crippen LogP contribution in [0.15, 0.2) is 60.8 Å². The maximum Gasteiger partial charge on any atom is 0.255 e.